The minimum Gasteiger partial charge on any atom is -0.497 e. The molecule has 2 fully saturated rings. The number of nitrogens with zero attached hydrogens (tertiary/aromatic N) is 2. The third kappa shape index (κ3) is 3.92. The maximum absolute atomic E-state index is 12.7. The molecule has 1 aromatic rings. The Morgan fingerprint density at radius 2 is 1.62 bits per heavy atom. The third-order valence-electron chi connectivity index (χ3n) is 5.50. The standard InChI is InChI=1S/C20H30N2O2/c1-15-12-16(2)14-22(13-15)18-8-10-21(11-9-18)20(23)17-4-6-19(24-3)7-5-17/h4-7,15-16,18H,8-14H2,1-3H3/t15-,16-/m0/s1. The molecule has 0 saturated carbocycles. The smallest absolute Gasteiger partial charge is 0.253 e. The Labute approximate surface area is 145 Å². The summed E-state index contributed by atoms with van der Waals surface area (Å²) in [6.07, 6.45) is 3.55. The van der Waals surface area contributed by atoms with E-state index in [0.29, 0.717) is 6.04 Å². The summed E-state index contributed by atoms with van der Waals surface area (Å²) in [5.41, 5.74) is 0.759. The molecule has 0 aliphatic carbocycles. The first-order chi connectivity index (χ1) is 11.6. The normalized spacial score (nSPS) is 26.4. The van der Waals surface area contributed by atoms with Gasteiger partial charge in [0.1, 0.15) is 5.75 Å². The van der Waals surface area contributed by atoms with E-state index in [9.17, 15) is 4.79 Å². The van der Waals surface area contributed by atoms with Crippen LogP contribution in [-0.4, -0.2) is 55.0 Å². The van der Waals surface area contributed by atoms with Gasteiger partial charge >= 0.3 is 0 Å². The molecule has 2 aliphatic rings. The largest absolute Gasteiger partial charge is 0.497 e. The van der Waals surface area contributed by atoms with Crippen LogP contribution in [0.15, 0.2) is 24.3 Å². The highest BCUT2D eigenvalue weighted by Crippen LogP contribution is 2.27. The molecule has 1 amide bonds. The van der Waals surface area contributed by atoms with E-state index >= 15 is 0 Å². The van der Waals surface area contributed by atoms with Gasteiger partial charge in [0.2, 0.25) is 0 Å². The molecule has 4 nitrogen and oxygen atoms in total. The van der Waals surface area contributed by atoms with E-state index in [0.717, 1.165) is 49.1 Å². The van der Waals surface area contributed by atoms with Crippen LogP contribution in [0.4, 0.5) is 0 Å². The second-order valence-corrected chi connectivity index (χ2v) is 7.65. The van der Waals surface area contributed by atoms with Crippen LogP contribution >= 0.6 is 0 Å². The minimum absolute atomic E-state index is 0.150. The number of rotatable bonds is 3. The molecule has 0 spiro atoms. The molecule has 2 aliphatic heterocycles. The molecule has 3 rings (SSSR count). The molecule has 2 saturated heterocycles. The molecule has 1 aromatic carbocycles. The van der Waals surface area contributed by atoms with Crippen LogP contribution in [0.2, 0.25) is 0 Å². The highest BCUT2D eigenvalue weighted by molar-refractivity contribution is 5.94. The van der Waals surface area contributed by atoms with Gasteiger partial charge in [0.25, 0.3) is 5.91 Å². The lowest BCUT2D eigenvalue weighted by Gasteiger charge is -2.43. The fraction of sp³-hybridized carbons (Fsp3) is 0.650. The van der Waals surface area contributed by atoms with Crippen molar-refractivity contribution in [2.75, 3.05) is 33.3 Å². The predicted molar refractivity (Wildman–Crippen MR) is 96.4 cm³/mol. The van der Waals surface area contributed by atoms with Crippen molar-refractivity contribution in [1.82, 2.24) is 9.80 Å². The summed E-state index contributed by atoms with van der Waals surface area (Å²) in [6.45, 7) is 8.92. The molecule has 2 heterocycles. The predicted octanol–water partition coefficient (Wildman–Crippen LogP) is 3.28. The lowest BCUT2D eigenvalue weighted by Crippen LogP contribution is -2.50. The van der Waals surface area contributed by atoms with Crippen molar-refractivity contribution in [2.24, 2.45) is 11.8 Å². The first-order valence-electron chi connectivity index (χ1n) is 9.24. The number of likely N-dealkylation sites (tertiary alicyclic amines) is 2. The fourth-order valence-electron chi connectivity index (χ4n) is 4.36. The van der Waals surface area contributed by atoms with Gasteiger partial charge in [-0.1, -0.05) is 13.8 Å². The first-order valence-corrected chi connectivity index (χ1v) is 9.24. The van der Waals surface area contributed by atoms with Gasteiger partial charge in [-0.2, -0.15) is 0 Å². The number of hydrogen-bond donors (Lipinski definition) is 0. The van der Waals surface area contributed by atoms with E-state index < -0.39 is 0 Å². The Bertz CT molecular complexity index is 539. The van der Waals surface area contributed by atoms with Crippen LogP contribution in [0.3, 0.4) is 0 Å². The van der Waals surface area contributed by atoms with Crippen molar-refractivity contribution in [1.29, 1.82) is 0 Å². The third-order valence-corrected chi connectivity index (χ3v) is 5.50. The molecule has 24 heavy (non-hydrogen) atoms. The minimum atomic E-state index is 0.150. The number of amides is 1. The van der Waals surface area contributed by atoms with Crippen molar-refractivity contribution in [3.8, 4) is 5.75 Å². The number of benzene rings is 1. The van der Waals surface area contributed by atoms with E-state index in [-0.39, 0.29) is 5.91 Å². The van der Waals surface area contributed by atoms with Gasteiger partial charge in [-0.25, -0.2) is 0 Å². The quantitative estimate of drug-likeness (QED) is 0.853. The van der Waals surface area contributed by atoms with Crippen LogP contribution < -0.4 is 4.74 Å². The molecular formula is C20H30N2O2. The zero-order valence-electron chi connectivity index (χ0n) is 15.2. The van der Waals surface area contributed by atoms with Gasteiger partial charge in [0.05, 0.1) is 7.11 Å². The summed E-state index contributed by atoms with van der Waals surface area (Å²) >= 11 is 0. The molecule has 2 atom stereocenters. The first kappa shape index (κ1) is 17.3. The fourth-order valence-corrected chi connectivity index (χ4v) is 4.36. The highest BCUT2D eigenvalue weighted by atomic mass is 16.5. The van der Waals surface area contributed by atoms with Gasteiger partial charge in [0.15, 0.2) is 0 Å². The maximum atomic E-state index is 12.7. The second kappa shape index (κ2) is 7.56. The Morgan fingerprint density at radius 3 is 2.17 bits per heavy atom. The molecule has 0 unspecified atom stereocenters. The van der Waals surface area contributed by atoms with Crippen LogP contribution in [-0.2, 0) is 0 Å². The molecule has 0 bridgehead atoms. The Balaban J connectivity index is 1.55. The number of ether oxygens (including phenoxy) is 1. The van der Waals surface area contributed by atoms with Gasteiger partial charge < -0.3 is 9.64 Å². The molecule has 4 heteroatoms. The Morgan fingerprint density at radius 1 is 1.04 bits per heavy atom. The summed E-state index contributed by atoms with van der Waals surface area (Å²) < 4.78 is 5.16. The monoisotopic (exact) mass is 330 g/mol. The van der Waals surface area contributed by atoms with Gasteiger partial charge in [0, 0.05) is 37.8 Å². The number of hydrogen-bond acceptors (Lipinski definition) is 3. The highest BCUT2D eigenvalue weighted by Gasteiger charge is 2.31. The summed E-state index contributed by atoms with van der Waals surface area (Å²) in [6, 6.07) is 8.09. The van der Waals surface area contributed by atoms with E-state index in [2.05, 4.69) is 18.7 Å². The van der Waals surface area contributed by atoms with Crippen molar-refractivity contribution in [2.45, 2.75) is 39.2 Å². The van der Waals surface area contributed by atoms with Crippen LogP contribution in [0.1, 0.15) is 43.5 Å². The van der Waals surface area contributed by atoms with Gasteiger partial charge in [-0.3, -0.25) is 9.69 Å². The van der Waals surface area contributed by atoms with E-state index in [1.807, 2.05) is 29.2 Å². The average Bonchev–Trinajstić information content (AvgIpc) is 2.60. The SMILES string of the molecule is COc1ccc(C(=O)N2CCC(N3C[C@@H](C)C[C@H](C)C3)CC2)cc1. The van der Waals surface area contributed by atoms with Crippen molar-refractivity contribution in [3.63, 3.8) is 0 Å². The zero-order chi connectivity index (χ0) is 17.1. The summed E-state index contributed by atoms with van der Waals surface area (Å²) in [4.78, 5) is 17.3. The van der Waals surface area contributed by atoms with Crippen molar-refractivity contribution >= 4 is 5.91 Å². The van der Waals surface area contributed by atoms with E-state index in [4.69, 9.17) is 4.74 Å². The zero-order valence-corrected chi connectivity index (χ0v) is 15.2. The average molecular weight is 330 g/mol. The summed E-state index contributed by atoms with van der Waals surface area (Å²) in [5.74, 6) is 2.54. The van der Waals surface area contributed by atoms with E-state index in [1.54, 1.807) is 7.11 Å². The van der Waals surface area contributed by atoms with E-state index in [1.165, 1.54) is 19.5 Å². The Kier molecular flexibility index (Phi) is 5.44. The number of methoxy groups -OCH3 is 1. The lowest BCUT2D eigenvalue weighted by atomic mass is 9.89. The van der Waals surface area contributed by atoms with Crippen molar-refractivity contribution in [3.05, 3.63) is 29.8 Å². The molecule has 0 N–H and O–H groups in total. The Hall–Kier alpha value is -1.55. The van der Waals surface area contributed by atoms with Gasteiger partial charge in [-0.05, 0) is 55.4 Å². The van der Waals surface area contributed by atoms with Crippen molar-refractivity contribution < 1.29 is 9.53 Å². The number of carbonyl (C=O) groups is 1. The lowest BCUT2D eigenvalue weighted by molar-refractivity contribution is 0.0450. The topological polar surface area (TPSA) is 32.8 Å². The maximum Gasteiger partial charge on any atom is 0.253 e. The summed E-state index contributed by atoms with van der Waals surface area (Å²) in [5, 5.41) is 0. The molecule has 0 radical (unpaired) electrons. The van der Waals surface area contributed by atoms with Crippen LogP contribution in [0.25, 0.3) is 0 Å². The second-order valence-electron chi connectivity index (χ2n) is 7.65. The van der Waals surface area contributed by atoms with Gasteiger partial charge in [-0.15, -0.1) is 0 Å². The van der Waals surface area contributed by atoms with Crippen LogP contribution in [0.5, 0.6) is 5.75 Å². The number of carbonyl (C=O) groups excluding carboxylic acids is 1. The number of piperidine rings is 2. The summed E-state index contributed by atoms with van der Waals surface area (Å²) in [7, 11) is 1.64. The van der Waals surface area contributed by atoms with Crippen LogP contribution in [0, 0.1) is 11.8 Å². The molecule has 132 valence electrons. The molecular weight excluding hydrogens is 300 g/mol. The molecule has 0 aromatic heterocycles.